The molecule has 0 atom stereocenters. The molecule has 0 N–H and O–H groups in total. The average molecular weight is 243 g/mol. The van der Waals surface area contributed by atoms with Gasteiger partial charge in [-0.05, 0) is 13.3 Å². The lowest BCUT2D eigenvalue weighted by atomic mass is 9.99. The van der Waals surface area contributed by atoms with E-state index in [1.807, 2.05) is 0 Å². The van der Waals surface area contributed by atoms with Gasteiger partial charge in [0.2, 0.25) is 0 Å². The number of hydrogen-bond acceptors (Lipinski definition) is 3. The first-order valence-corrected chi connectivity index (χ1v) is 6.35. The van der Waals surface area contributed by atoms with E-state index in [1.165, 1.54) is 0 Å². The summed E-state index contributed by atoms with van der Waals surface area (Å²) >= 11 is 0. The molecule has 18 heavy (non-hydrogen) atoms. The molecule has 0 saturated carbocycles. The van der Waals surface area contributed by atoms with Crippen molar-refractivity contribution in [1.82, 2.24) is 0 Å². The van der Waals surface area contributed by atoms with E-state index in [9.17, 15) is 9.59 Å². The zero-order valence-corrected chi connectivity index (χ0v) is 10.8. The Morgan fingerprint density at radius 1 is 1.17 bits per heavy atom. The highest BCUT2D eigenvalue weighted by molar-refractivity contribution is 6.36. The van der Waals surface area contributed by atoms with Crippen LogP contribution in [0.15, 0.2) is 29.3 Å². The van der Waals surface area contributed by atoms with Gasteiger partial charge in [-0.25, -0.2) is 0 Å². The van der Waals surface area contributed by atoms with Gasteiger partial charge in [0.25, 0.3) is 0 Å². The lowest BCUT2D eigenvalue weighted by Gasteiger charge is -2.06. The molecule has 0 unspecified atom stereocenters. The van der Waals surface area contributed by atoms with Gasteiger partial charge in [0.15, 0.2) is 11.6 Å². The third kappa shape index (κ3) is 2.13. The minimum atomic E-state index is -0.681. The number of nitrogens with zero attached hydrogens (tertiary/aromatic N) is 1. The number of hydrogen-bond donors (Lipinski definition) is 0. The number of rotatable bonds is 4. The third-order valence-corrected chi connectivity index (χ3v) is 3.27. The summed E-state index contributed by atoms with van der Waals surface area (Å²) in [5, 5.41) is 0. The topological polar surface area (TPSA) is 46.5 Å². The first kappa shape index (κ1) is 12.7. The summed E-state index contributed by atoms with van der Waals surface area (Å²) in [6.07, 6.45) is 2.04. The van der Waals surface area contributed by atoms with E-state index in [4.69, 9.17) is 0 Å². The Hall–Kier alpha value is -1.77. The molecule has 0 radical (unpaired) electrons. The van der Waals surface area contributed by atoms with Gasteiger partial charge in [-0.15, -0.1) is 0 Å². The lowest BCUT2D eigenvalue weighted by Crippen LogP contribution is -2.23. The predicted molar refractivity (Wildman–Crippen MR) is 71.5 cm³/mol. The SMILES string of the molecule is CCCCN=C(C)C1C(=O)c2ccccc2C1=O. The smallest absolute Gasteiger partial charge is 0.180 e. The van der Waals surface area contributed by atoms with Gasteiger partial charge in [0.1, 0.15) is 5.92 Å². The summed E-state index contributed by atoms with van der Waals surface area (Å²) in [5.74, 6) is -0.888. The molecule has 94 valence electrons. The fraction of sp³-hybridized carbons (Fsp3) is 0.400. The molecule has 0 bridgehead atoms. The summed E-state index contributed by atoms with van der Waals surface area (Å²) in [6, 6.07) is 7.01. The fourth-order valence-corrected chi connectivity index (χ4v) is 2.23. The van der Waals surface area contributed by atoms with Crippen LogP contribution < -0.4 is 0 Å². The van der Waals surface area contributed by atoms with Crippen LogP contribution in [-0.4, -0.2) is 23.8 Å². The van der Waals surface area contributed by atoms with Gasteiger partial charge in [0.05, 0.1) is 0 Å². The van der Waals surface area contributed by atoms with Crippen molar-refractivity contribution in [2.75, 3.05) is 6.54 Å². The van der Waals surface area contributed by atoms with Gasteiger partial charge in [0, 0.05) is 23.4 Å². The number of benzene rings is 1. The van der Waals surface area contributed by atoms with E-state index in [0.29, 0.717) is 23.4 Å². The molecule has 1 aromatic rings. The van der Waals surface area contributed by atoms with Crippen molar-refractivity contribution >= 4 is 17.3 Å². The van der Waals surface area contributed by atoms with E-state index in [-0.39, 0.29) is 11.6 Å². The standard InChI is InChI=1S/C15H17NO2/c1-3-4-9-16-10(2)13-14(17)11-7-5-6-8-12(11)15(13)18/h5-8,13H,3-4,9H2,1-2H3. The molecule has 0 saturated heterocycles. The molecule has 3 heteroatoms. The maximum absolute atomic E-state index is 12.2. The Balaban J connectivity index is 2.26. The van der Waals surface area contributed by atoms with Crippen LogP contribution >= 0.6 is 0 Å². The van der Waals surface area contributed by atoms with Crippen LogP contribution in [0.4, 0.5) is 0 Å². The minimum Gasteiger partial charge on any atom is -0.293 e. The maximum atomic E-state index is 12.2. The summed E-state index contributed by atoms with van der Waals surface area (Å²) < 4.78 is 0. The van der Waals surface area contributed by atoms with Crippen molar-refractivity contribution in [2.45, 2.75) is 26.7 Å². The first-order chi connectivity index (χ1) is 8.66. The summed E-state index contributed by atoms with van der Waals surface area (Å²) in [4.78, 5) is 28.7. The van der Waals surface area contributed by atoms with Crippen molar-refractivity contribution in [2.24, 2.45) is 10.9 Å². The van der Waals surface area contributed by atoms with Crippen molar-refractivity contribution in [1.29, 1.82) is 0 Å². The second-order valence-corrected chi connectivity index (χ2v) is 4.58. The van der Waals surface area contributed by atoms with E-state index < -0.39 is 5.92 Å². The molecule has 0 fully saturated rings. The van der Waals surface area contributed by atoms with Gasteiger partial charge in [-0.1, -0.05) is 37.6 Å². The first-order valence-electron chi connectivity index (χ1n) is 6.35. The normalized spacial score (nSPS) is 16.2. The highest BCUT2D eigenvalue weighted by Crippen LogP contribution is 2.27. The number of carbonyl (C=O) groups is 2. The molecule has 1 aliphatic rings. The molecule has 0 aliphatic heterocycles. The van der Waals surface area contributed by atoms with Crippen LogP contribution in [-0.2, 0) is 0 Å². The second-order valence-electron chi connectivity index (χ2n) is 4.58. The average Bonchev–Trinajstić information content (AvgIpc) is 2.63. The zero-order valence-electron chi connectivity index (χ0n) is 10.8. The molecule has 2 rings (SSSR count). The number of fused-ring (bicyclic) bond motifs is 1. The van der Waals surface area contributed by atoms with Gasteiger partial charge in [-0.3, -0.25) is 14.6 Å². The zero-order chi connectivity index (χ0) is 13.1. The van der Waals surface area contributed by atoms with E-state index in [0.717, 1.165) is 12.8 Å². The maximum Gasteiger partial charge on any atom is 0.180 e. The highest BCUT2D eigenvalue weighted by atomic mass is 16.2. The van der Waals surface area contributed by atoms with Gasteiger partial charge >= 0.3 is 0 Å². The van der Waals surface area contributed by atoms with Crippen LogP contribution in [0.25, 0.3) is 0 Å². The lowest BCUT2D eigenvalue weighted by molar-refractivity contribution is 0.0883. The minimum absolute atomic E-state index is 0.103. The molecular weight excluding hydrogens is 226 g/mol. The van der Waals surface area contributed by atoms with Gasteiger partial charge in [-0.2, -0.15) is 0 Å². The summed E-state index contributed by atoms with van der Waals surface area (Å²) in [5.41, 5.74) is 1.73. The van der Waals surface area contributed by atoms with E-state index in [1.54, 1.807) is 31.2 Å². The summed E-state index contributed by atoms with van der Waals surface area (Å²) in [6.45, 7) is 4.56. The summed E-state index contributed by atoms with van der Waals surface area (Å²) in [7, 11) is 0. The largest absolute Gasteiger partial charge is 0.293 e. The number of Topliss-reactive ketones (excluding diaryl/α,β-unsaturated/α-hetero) is 2. The highest BCUT2D eigenvalue weighted by Gasteiger charge is 2.39. The fourth-order valence-electron chi connectivity index (χ4n) is 2.23. The molecule has 1 aromatic carbocycles. The molecule has 1 aliphatic carbocycles. The van der Waals surface area contributed by atoms with Crippen molar-refractivity contribution in [3.05, 3.63) is 35.4 Å². The van der Waals surface area contributed by atoms with Crippen LogP contribution in [0.2, 0.25) is 0 Å². The van der Waals surface area contributed by atoms with Crippen LogP contribution in [0, 0.1) is 5.92 Å². The van der Waals surface area contributed by atoms with Crippen molar-refractivity contribution < 1.29 is 9.59 Å². The molecule has 0 spiro atoms. The van der Waals surface area contributed by atoms with Gasteiger partial charge < -0.3 is 0 Å². The van der Waals surface area contributed by atoms with E-state index >= 15 is 0 Å². The Morgan fingerprint density at radius 3 is 2.22 bits per heavy atom. The Morgan fingerprint density at radius 2 is 1.72 bits per heavy atom. The Bertz CT molecular complexity index is 482. The molecular formula is C15H17NO2. The number of aliphatic imine (C=N–C) groups is 1. The Labute approximate surface area is 107 Å². The van der Waals surface area contributed by atoms with E-state index in [2.05, 4.69) is 11.9 Å². The van der Waals surface area contributed by atoms with Crippen LogP contribution in [0.1, 0.15) is 47.4 Å². The quantitative estimate of drug-likeness (QED) is 0.463. The molecule has 0 aromatic heterocycles. The molecule has 3 nitrogen and oxygen atoms in total. The number of unbranched alkanes of at least 4 members (excludes halogenated alkanes) is 1. The monoisotopic (exact) mass is 243 g/mol. The second kappa shape index (κ2) is 5.25. The number of ketones is 2. The third-order valence-electron chi connectivity index (χ3n) is 3.27. The van der Waals surface area contributed by atoms with Crippen LogP contribution in [0.3, 0.4) is 0 Å². The Kier molecular flexibility index (Phi) is 3.70. The van der Waals surface area contributed by atoms with Crippen molar-refractivity contribution in [3.63, 3.8) is 0 Å². The van der Waals surface area contributed by atoms with Crippen LogP contribution in [0.5, 0.6) is 0 Å². The van der Waals surface area contributed by atoms with Crippen molar-refractivity contribution in [3.8, 4) is 0 Å². The molecule has 0 amide bonds. The predicted octanol–water partition coefficient (Wildman–Crippen LogP) is 2.94. The molecule has 0 heterocycles. The number of carbonyl (C=O) groups excluding carboxylic acids is 2.